The van der Waals surface area contributed by atoms with E-state index in [1.54, 1.807) is 13.4 Å². The first kappa shape index (κ1) is 20.3. The maximum atomic E-state index is 13.0. The number of ether oxygens (including phenoxy) is 1. The molecule has 1 fully saturated rings. The first-order valence-electron chi connectivity index (χ1n) is 9.96. The molecule has 1 saturated heterocycles. The minimum atomic E-state index is -0.258. The van der Waals surface area contributed by atoms with Gasteiger partial charge in [0, 0.05) is 31.9 Å². The van der Waals surface area contributed by atoms with Crippen molar-refractivity contribution in [3.63, 3.8) is 0 Å². The summed E-state index contributed by atoms with van der Waals surface area (Å²) in [5.74, 6) is 0.859. The van der Waals surface area contributed by atoms with Crippen LogP contribution >= 0.6 is 11.8 Å². The number of nitrogens with zero attached hydrogens (tertiary/aromatic N) is 5. The summed E-state index contributed by atoms with van der Waals surface area (Å²) < 4.78 is 7.31. The molecule has 0 radical (unpaired) electrons. The highest BCUT2D eigenvalue weighted by Crippen LogP contribution is 2.29. The van der Waals surface area contributed by atoms with Gasteiger partial charge in [-0.05, 0) is 31.2 Å². The van der Waals surface area contributed by atoms with E-state index in [-0.39, 0.29) is 11.2 Å². The molecule has 4 rings (SSSR count). The summed E-state index contributed by atoms with van der Waals surface area (Å²) >= 11 is 1.42. The van der Waals surface area contributed by atoms with Gasteiger partial charge in [0.2, 0.25) is 5.91 Å². The average molecular weight is 424 g/mol. The molecule has 1 aromatic heterocycles. The quantitative estimate of drug-likeness (QED) is 0.568. The summed E-state index contributed by atoms with van der Waals surface area (Å²) in [6.07, 6.45) is 1.65. The monoisotopic (exact) mass is 423 g/mol. The number of aromatic nitrogens is 3. The van der Waals surface area contributed by atoms with Gasteiger partial charge in [-0.2, -0.15) is 0 Å². The zero-order chi connectivity index (χ0) is 20.9. The van der Waals surface area contributed by atoms with E-state index in [2.05, 4.69) is 27.2 Å². The third-order valence-electron chi connectivity index (χ3n) is 5.20. The molecule has 1 atom stereocenters. The third-order valence-corrected chi connectivity index (χ3v) is 6.25. The number of piperazine rings is 1. The number of rotatable bonds is 6. The van der Waals surface area contributed by atoms with Gasteiger partial charge in [-0.25, -0.2) is 0 Å². The predicted molar refractivity (Wildman–Crippen MR) is 118 cm³/mol. The van der Waals surface area contributed by atoms with Crippen LogP contribution in [-0.2, 0) is 4.79 Å². The van der Waals surface area contributed by atoms with Crippen molar-refractivity contribution in [3.05, 3.63) is 60.9 Å². The fraction of sp³-hybridized carbons (Fsp3) is 0.318. The minimum absolute atomic E-state index is 0.127. The van der Waals surface area contributed by atoms with Crippen LogP contribution in [0.5, 0.6) is 5.75 Å². The molecule has 0 saturated carbocycles. The standard InChI is InChI=1S/C22H25N5O2S/c1-17(21(28)26-14-12-25(13-15-26)18-8-4-3-5-9-18)30-22-24-23-16-27(22)19-10-6-7-11-20(19)29-2/h3-11,16-17H,12-15H2,1-2H3/t17-/m1/s1. The SMILES string of the molecule is COc1ccccc1-n1cnnc1S[C@H](C)C(=O)N1CCN(c2ccccc2)CC1. The van der Waals surface area contributed by atoms with Gasteiger partial charge in [0.25, 0.3) is 0 Å². The van der Waals surface area contributed by atoms with Crippen LogP contribution in [-0.4, -0.2) is 64.1 Å². The number of thioether (sulfide) groups is 1. The van der Waals surface area contributed by atoms with Crippen molar-refractivity contribution < 1.29 is 9.53 Å². The molecule has 0 spiro atoms. The number of hydrogen-bond donors (Lipinski definition) is 0. The van der Waals surface area contributed by atoms with Gasteiger partial charge >= 0.3 is 0 Å². The van der Waals surface area contributed by atoms with E-state index >= 15 is 0 Å². The number of carbonyl (C=O) groups excluding carboxylic acids is 1. The van der Waals surface area contributed by atoms with Crippen molar-refractivity contribution in [2.45, 2.75) is 17.3 Å². The maximum absolute atomic E-state index is 13.0. The molecule has 1 aliphatic heterocycles. The van der Waals surface area contributed by atoms with Crippen molar-refractivity contribution in [2.75, 3.05) is 38.2 Å². The fourth-order valence-electron chi connectivity index (χ4n) is 3.59. The molecule has 3 aromatic rings. The van der Waals surface area contributed by atoms with Gasteiger partial charge in [-0.1, -0.05) is 42.1 Å². The highest BCUT2D eigenvalue weighted by atomic mass is 32.2. The molecule has 1 amide bonds. The van der Waals surface area contributed by atoms with Crippen LogP contribution in [0.1, 0.15) is 6.92 Å². The van der Waals surface area contributed by atoms with Gasteiger partial charge in [0.05, 0.1) is 18.0 Å². The number of methoxy groups -OCH3 is 1. The first-order valence-corrected chi connectivity index (χ1v) is 10.8. The molecule has 2 aromatic carbocycles. The molecule has 0 unspecified atom stereocenters. The molecule has 1 aliphatic rings. The van der Waals surface area contributed by atoms with Crippen molar-refractivity contribution in [2.24, 2.45) is 0 Å². The number of benzene rings is 2. The highest BCUT2D eigenvalue weighted by molar-refractivity contribution is 8.00. The van der Waals surface area contributed by atoms with Gasteiger partial charge in [0.1, 0.15) is 12.1 Å². The Morgan fingerprint density at radius 1 is 1.03 bits per heavy atom. The highest BCUT2D eigenvalue weighted by Gasteiger charge is 2.27. The molecule has 0 aliphatic carbocycles. The summed E-state index contributed by atoms with van der Waals surface area (Å²) in [4.78, 5) is 17.3. The lowest BCUT2D eigenvalue weighted by Gasteiger charge is -2.37. The second-order valence-corrected chi connectivity index (χ2v) is 8.37. The van der Waals surface area contributed by atoms with E-state index in [4.69, 9.17) is 4.74 Å². The van der Waals surface area contributed by atoms with Gasteiger partial charge < -0.3 is 14.5 Å². The first-order chi connectivity index (χ1) is 14.7. The normalized spacial score (nSPS) is 15.1. The predicted octanol–water partition coefficient (Wildman–Crippen LogP) is 3.11. The molecule has 0 bridgehead atoms. The number of anilines is 1. The van der Waals surface area contributed by atoms with Crippen molar-refractivity contribution in [1.29, 1.82) is 0 Å². The third kappa shape index (κ3) is 4.28. The van der Waals surface area contributed by atoms with Crippen LogP contribution in [0.25, 0.3) is 5.69 Å². The summed E-state index contributed by atoms with van der Waals surface area (Å²) in [6.45, 7) is 5.04. The number of para-hydroxylation sites is 3. The van der Waals surface area contributed by atoms with Gasteiger partial charge in [0.15, 0.2) is 5.16 Å². The summed E-state index contributed by atoms with van der Waals surface area (Å²) in [5, 5.41) is 8.69. The Balaban J connectivity index is 1.40. The lowest BCUT2D eigenvalue weighted by atomic mass is 10.2. The van der Waals surface area contributed by atoms with Crippen LogP contribution in [0.2, 0.25) is 0 Å². The molecule has 30 heavy (non-hydrogen) atoms. The second-order valence-electron chi connectivity index (χ2n) is 7.06. The van der Waals surface area contributed by atoms with E-state index in [1.165, 1.54) is 17.4 Å². The Labute approximate surface area is 180 Å². The lowest BCUT2D eigenvalue weighted by Crippen LogP contribution is -2.50. The molecule has 8 heteroatoms. The molecule has 0 N–H and O–H groups in total. The largest absolute Gasteiger partial charge is 0.495 e. The Morgan fingerprint density at radius 3 is 2.47 bits per heavy atom. The Hall–Kier alpha value is -3.00. The Kier molecular flexibility index (Phi) is 6.23. The van der Waals surface area contributed by atoms with Crippen molar-refractivity contribution in [3.8, 4) is 11.4 Å². The molecular formula is C22H25N5O2S. The van der Waals surface area contributed by atoms with E-state index in [0.717, 1.165) is 37.6 Å². The zero-order valence-corrected chi connectivity index (χ0v) is 18.0. The topological polar surface area (TPSA) is 63.5 Å². The smallest absolute Gasteiger partial charge is 0.236 e. The number of hydrogen-bond acceptors (Lipinski definition) is 6. The van der Waals surface area contributed by atoms with E-state index in [0.29, 0.717) is 5.16 Å². The number of amides is 1. The maximum Gasteiger partial charge on any atom is 0.236 e. The lowest BCUT2D eigenvalue weighted by molar-refractivity contribution is -0.130. The van der Waals surface area contributed by atoms with E-state index in [9.17, 15) is 4.79 Å². The summed E-state index contributed by atoms with van der Waals surface area (Å²) in [7, 11) is 1.64. The Bertz CT molecular complexity index is 986. The van der Waals surface area contributed by atoms with Crippen molar-refractivity contribution >= 4 is 23.4 Å². The van der Waals surface area contributed by atoms with Crippen LogP contribution in [0, 0.1) is 0 Å². The molecule has 156 valence electrons. The Morgan fingerprint density at radius 2 is 1.73 bits per heavy atom. The van der Waals surface area contributed by atoms with E-state index in [1.807, 2.05) is 58.9 Å². The second kappa shape index (κ2) is 9.21. The van der Waals surface area contributed by atoms with Crippen molar-refractivity contribution in [1.82, 2.24) is 19.7 Å². The minimum Gasteiger partial charge on any atom is -0.495 e. The molecule has 2 heterocycles. The van der Waals surface area contributed by atoms with Crippen LogP contribution in [0.4, 0.5) is 5.69 Å². The van der Waals surface area contributed by atoms with Gasteiger partial charge in [-0.3, -0.25) is 9.36 Å². The van der Waals surface area contributed by atoms with Crippen LogP contribution < -0.4 is 9.64 Å². The summed E-state index contributed by atoms with van der Waals surface area (Å²) in [5.41, 5.74) is 2.06. The number of carbonyl (C=O) groups is 1. The molecule has 7 nitrogen and oxygen atoms in total. The summed E-state index contributed by atoms with van der Waals surface area (Å²) in [6, 6.07) is 18.0. The molecular weight excluding hydrogens is 398 g/mol. The van der Waals surface area contributed by atoms with E-state index < -0.39 is 0 Å². The van der Waals surface area contributed by atoms with Crippen LogP contribution in [0.3, 0.4) is 0 Å². The fourth-order valence-corrected chi connectivity index (χ4v) is 4.51. The van der Waals surface area contributed by atoms with Crippen LogP contribution in [0.15, 0.2) is 66.1 Å². The van der Waals surface area contributed by atoms with Gasteiger partial charge in [-0.15, -0.1) is 10.2 Å². The average Bonchev–Trinajstić information content (AvgIpc) is 3.27. The zero-order valence-electron chi connectivity index (χ0n) is 17.1.